The molecule has 0 spiro atoms. The lowest BCUT2D eigenvalue weighted by molar-refractivity contribution is 1.02. The highest BCUT2D eigenvalue weighted by Crippen LogP contribution is 2.35. The van der Waals surface area contributed by atoms with Gasteiger partial charge in [0.15, 0.2) is 0 Å². The van der Waals surface area contributed by atoms with Gasteiger partial charge < -0.3 is 0 Å². The van der Waals surface area contributed by atoms with Gasteiger partial charge in [-0.1, -0.05) is 62.4 Å². The van der Waals surface area contributed by atoms with Crippen molar-refractivity contribution in [3.8, 4) is 22.3 Å². The van der Waals surface area contributed by atoms with Gasteiger partial charge in [0.2, 0.25) is 0 Å². The van der Waals surface area contributed by atoms with Gasteiger partial charge in [0.05, 0.1) is 0 Å². The average molecular weight is 343 g/mol. The SMILES string of the molecule is CCc1cc(-c2cccc(-c3cccc(C)c3C)c2C)cc(C)c1CC. The highest BCUT2D eigenvalue weighted by atomic mass is 14.2. The van der Waals surface area contributed by atoms with E-state index in [-0.39, 0.29) is 0 Å². The summed E-state index contributed by atoms with van der Waals surface area (Å²) in [6, 6.07) is 18.1. The minimum absolute atomic E-state index is 1.09. The Hall–Kier alpha value is -2.34. The molecule has 26 heavy (non-hydrogen) atoms. The van der Waals surface area contributed by atoms with Crippen LogP contribution in [0.2, 0.25) is 0 Å². The first-order chi connectivity index (χ1) is 12.5. The lowest BCUT2D eigenvalue weighted by Gasteiger charge is -2.17. The van der Waals surface area contributed by atoms with Crippen molar-refractivity contribution in [1.82, 2.24) is 0 Å². The second-order valence-electron chi connectivity index (χ2n) is 7.36. The molecule has 0 aliphatic heterocycles. The minimum Gasteiger partial charge on any atom is -0.0614 e. The van der Waals surface area contributed by atoms with E-state index in [1.165, 1.54) is 55.6 Å². The molecule has 0 radical (unpaired) electrons. The van der Waals surface area contributed by atoms with Crippen LogP contribution in [-0.2, 0) is 12.8 Å². The van der Waals surface area contributed by atoms with Crippen molar-refractivity contribution in [1.29, 1.82) is 0 Å². The predicted octanol–water partition coefficient (Wildman–Crippen LogP) is 7.38. The van der Waals surface area contributed by atoms with E-state index in [4.69, 9.17) is 0 Å². The van der Waals surface area contributed by atoms with Gasteiger partial charge in [-0.25, -0.2) is 0 Å². The zero-order valence-electron chi connectivity index (χ0n) is 17.0. The molecule has 3 aromatic rings. The molecule has 134 valence electrons. The van der Waals surface area contributed by atoms with Crippen LogP contribution in [0, 0.1) is 27.7 Å². The minimum atomic E-state index is 1.09. The number of aryl methyl sites for hydroxylation is 3. The fraction of sp³-hybridized carbons (Fsp3) is 0.308. The van der Waals surface area contributed by atoms with Gasteiger partial charge >= 0.3 is 0 Å². The summed E-state index contributed by atoms with van der Waals surface area (Å²) < 4.78 is 0. The molecule has 0 fully saturated rings. The Bertz CT molecular complexity index is 944. The highest BCUT2D eigenvalue weighted by molar-refractivity contribution is 5.80. The van der Waals surface area contributed by atoms with Gasteiger partial charge in [0.25, 0.3) is 0 Å². The van der Waals surface area contributed by atoms with Gasteiger partial charge in [-0.05, 0) is 96.2 Å². The Morgan fingerprint density at radius 1 is 0.615 bits per heavy atom. The summed E-state index contributed by atoms with van der Waals surface area (Å²) in [6.07, 6.45) is 2.20. The van der Waals surface area contributed by atoms with Crippen LogP contribution in [0.3, 0.4) is 0 Å². The van der Waals surface area contributed by atoms with E-state index in [2.05, 4.69) is 90.1 Å². The van der Waals surface area contributed by atoms with Crippen LogP contribution >= 0.6 is 0 Å². The summed E-state index contributed by atoms with van der Waals surface area (Å²) in [4.78, 5) is 0. The van der Waals surface area contributed by atoms with Gasteiger partial charge in [0, 0.05) is 0 Å². The fourth-order valence-electron chi connectivity index (χ4n) is 4.15. The maximum absolute atomic E-state index is 2.40. The quantitative estimate of drug-likeness (QED) is 0.464. The number of rotatable bonds is 4. The van der Waals surface area contributed by atoms with Crippen LogP contribution in [0.5, 0.6) is 0 Å². The van der Waals surface area contributed by atoms with Crippen molar-refractivity contribution < 1.29 is 0 Å². The third-order valence-electron chi connectivity index (χ3n) is 5.84. The molecule has 0 aliphatic carbocycles. The van der Waals surface area contributed by atoms with Gasteiger partial charge in [-0.3, -0.25) is 0 Å². The summed E-state index contributed by atoms with van der Waals surface area (Å²) in [6.45, 7) is 13.5. The van der Waals surface area contributed by atoms with Crippen LogP contribution in [-0.4, -0.2) is 0 Å². The molecular weight excluding hydrogens is 312 g/mol. The van der Waals surface area contributed by atoms with E-state index in [9.17, 15) is 0 Å². The number of benzene rings is 3. The lowest BCUT2D eigenvalue weighted by Crippen LogP contribution is -1.98. The molecule has 0 saturated heterocycles. The molecule has 0 saturated carbocycles. The maximum atomic E-state index is 2.40. The van der Waals surface area contributed by atoms with Crippen molar-refractivity contribution in [2.45, 2.75) is 54.4 Å². The summed E-state index contributed by atoms with van der Waals surface area (Å²) >= 11 is 0. The Morgan fingerprint density at radius 2 is 1.23 bits per heavy atom. The van der Waals surface area contributed by atoms with E-state index in [0.29, 0.717) is 0 Å². The van der Waals surface area contributed by atoms with E-state index < -0.39 is 0 Å². The van der Waals surface area contributed by atoms with E-state index >= 15 is 0 Å². The molecular formula is C26H30. The predicted molar refractivity (Wildman–Crippen MR) is 115 cm³/mol. The van der Waals surface area contributed by atoms with E-state index in [1.807, 2.05) is 0 Å². The molecule has 0 aliphatic rings. The zero-order chi connectivity index (χ0) is 18.8. The first-order valence-corrected chi connectivity index (χ1v) is 9.76. The first kappa shape index (κ1) is 18.5. The topological polar surface area (TPSA) is 0 Å². The molecule has 0 N–H and O–H groups in total. The van der Waals surface area contributed by atoms with Gasteiger partial charge in [0.1, 0.15) is 0 Å². The maximum Gasteiger partial charge on any atom is -0.0146 e. The second-order valence-corrected chi connectivity index (χ2v) is 7.36. The summed E-state index contributed by atoms with van der Waals surface area (Å²) in [5.41, 5.74) is 13.9. The molecule has 0 bridgehead atoms. The van der Waals surface area contributed by atoms with Crippen LogP contribution in [0.1, 0.15) is 47.2 Å². The van der Waals surface area contributed by atoms with Crippen LogP contribution in [0.15, 0.2) is 48.5 Å². The van der Waals surface area contributed by atoms with Crippen LogP contribution in [0.4, 0.5) is 0 Å². The Morgan fingerprint density at radius 3 is 1.88 bits per heavy atom. The van der Waals surface area contributed by atoms with Gasteiger partial charge in [-0.15, -0.1) is 0 Å². The smallest absolute Gasteiger partial charge is 0.0146 e. The molecule has 0 heterocycles. The third kappa shape index (κ3) is 3.21. The standard InChI is InChI=1S/C26H30/c1-7-21-16-22(15-18(4)23(21)8-2)24-12-10-14-26(20(24)6)25-13-9-11-17(3)19(25)5/h9-16H,7-8H2,1-6H3. The lowest BCUT2D eigenvalue weighted by atomic mass is 9.87. The molecule has 0 nitrogen and oxygen atoms in total. The summed E-state index contributed by atoms with van der Waals surface area (Å²) in [7, 11) is 0. The zero-order valence-corrected chi connectivity index (χ0v) is 17.0. The molecule has 0 aromatic heterocycles. The Balaban J connectivity index is 2.20. The van der Waals surface area contributed by atoms with Crippen LogP contribution in [0.25, 0.3) is 22.3 Å². The van der Waals surface area contributed by atoms with Crippen LogP contribution < -0.4 is 0 Å². The molecule has 0 unspecified atom stereocenters. The van der Waals surface area contributed by atoms with Crippen molar-refractivity contribution in [2.24, 2.45) is 0 Å². The van der Waals surface area contributed by atoms with Crippen molar-refractivity contribution >= 4 is 0 Å². The Labute approximate surface area is 158 Å². The average Bonchev–Trinajstić information content (AvgIpc) is 2.63. The summed E-state index contributed by atoms with van der Waals surface area (Å²) in [5, 5.41) is 0. The molecule has 3 rings (SSSR count). The summed E-state index contributed by atoms with van der Waals surface area (Å²) in [5.74, 6) is 0. The Kier molecular flexibility index (Phi) is 5.32. The molecule has 0 atom stereocenters. The highest BCUT2D eigenvalue weighted by Gasteiger charge is 2.13. The van der Waals surface area contributed by atoms with E-state index in [1.54, 1.807) is 0 Å². The number of hydrogen-bond donors (Lipinski definition) is 0. The fourth-order valence-corrected chi connectivity index (χ4v) is 4.15. The van der Waals surface area contributed by atoms with Crippen molar-refractivity contribution in [3.63, 3.8) is 0 Å². The monoisotopic (exact) mass is 342 g/mol. The largest absolute Gasteiger partial charge is 0.0614 e. The molecule has 3 aromatic carbocycles. The van der Waals surface area contributed by atoms with Crippen molar-refractivity contribution in [3.05, 3.63) is 81.9 Å². The van der Waals surface area contributed by atoms with Gasteiger partial charge in [-0.2, -0.15) is 0 Å². The molecule has 0 amide bonds. The van der Waals surface area contributed by atoms with Crippen molar-refractivity contribution in [2.75, 3.05) is 0 Å². The van der Waals surface area contributed by atoms with E-state index in [0.717, 1.165) is 12.8 Å². The third-order valence-corrected chi connectivity index (χ3v) is 5.84. The molecule has 0 heteroatoms. The first-order valence-electron chi connectivity index (χ1n) is 9.76. The second kappa shape index (κ2) is 7.50. The number of hydrogen-bond acceptors (Lipinski definition) is 0. The normalized spacial score (nSPS) is 11.0.